The van der Waals surface area contributed by atoms with Crippen LogP contribution in [0.5, 0.6) is 0 Å². The van der Waals surface area contributed by atoms with Crippen LogP contribution >= 0.6 is 11.8 Å². The van der Waals surface area contributed by atoms with Crippen molar-refractivity contribution >= 4 is 23.7 Å². The molecule has 16 heavy (non-hydrogen) atoms. The van der Waals surface area contributed by atoms with Gasteiger partial charge in [-0.05, 0) is 13.8 Å². The number of aliphatic hydroxyl groups is 1. The first-order valence-electron chi connectivity index (χ1n) is 4.94. The van der Waals surface area contributed by atoms with Crippen LogP contribution in [0.25, 0.3) is 0 Å². The zero-order valence-corrected chi connectivity index (χ0v) is 10.2. The predicted octanol–water partition coefficient (Wildman–Crippen LogP) is 0.722. The third-order valence-corrected chi connectivity index (χ3v) is 2.34. The van der Waals surface area contributed by atoms with E-state index in [1.165, 1.54) is 0 Å². The Hall–Kier alpha value is -1.01. The summed E-state index contributed by atoms with van der Waals surface area (Å²) in [6.45, 7) is 3.76. The number of hydrogen-bond donors (Lipinski definition) is 1. The van der Waals surface area contributed by atoms with Crippen molar-refractivity contribution in [1.82, 2.24) is 0 Å². The summed E-state index contributed by atoms with van der Waals surface area (Å²) >= 11 is 1.06. The van der Waals surface area contributed by atoms with Crippen LogP contribution in [-0.4, -0.2) is 42.6 Å². The van der Waals surface area contributed by atoms with Gasteiger partial charge in [0.05, 0.1) is 24.7 Å². The first kappa shape index (κ1) is 15.0. The van der Waals surface area contributed by atoms with Gasteiger partial charge in [-0.25, -0.2) is 9.59 Å². The number of hydrogen-bond acceptors (Lipinski definition) is 6. The molecule has 0 aliphatic heterocycles. The Morgan fingerprint density at radius 3 is 2.38 bits per heavy atom. The molecular weight excluding hydrogens is 232 g/mol. The standard InChI is InChI=1S/C10H16O5S/c1-3-14-9(12)7-8(16-6-5-11)10(13)15-4-2/h7,11H,3-6H2,1-2H3/b8-7+. The molecule has 0 spiro atoms. The molecule has 92 valence electrons. The van der Waals surface area contributed by atoms with Crippen molar-refractivity contribution in [2.75, 3.05) is 25.6 Å². The second-order valence-electron chi connectivity index (χ2n) is 2.55. The summed E-state index contributed by atoms with van der Waals surface area (Å²) in [5.41, 5.74) is 0. The van der Waals surface area contributed by atoms with Crippen molar-refractivity contribution in [1.29, 1.82) is 0 Å². The molecule has 0 aliphatic rings. The van der Waals surface area contributed by atoms with Gasteiger partial charge in [0.15, 0.2) is 0 Å². The second-order valence-corrected chi connectivity index (χ2v) is 3.69. The highest BCUT2D eigenvalue weighted by molar-refractivity contribution is 8.04. The lowest BCUT2D eigenvalue weighted by atomic mass is 10.5. The van der Waals surface area contributed by atoms with Gasteiger partial charge in [0.25, 0.3) is 0 Å². The normalized spacial score (nSPS) is 11.1. The van der Waals surface area contributed by atoms with Crippen LogP contribution < -0.4 is 0 Å². The largest absolute Gasteiger partial charge is 0.463 e. The number of carbonyl (C=O) groups excluding carboxylic acids is 2. The number of esters is 2. The van der Waals surface area contributed by atoms with Crippen LogP contribution in [0.4, 0.5) is 0 Å². The maximum atomic E-state index is 11.4. The van der Waals surface area contributed by atoms with E-state index in [9.17, 15) is 9.59 Å². The average Bonchev–Trinajstić information content (AvgIpc) is 2.24. The molecule has 5 nitrogen and oxygen atoms in total. The number of ether oxygens (including phenoxy) is 2. The monoisotopic (exact) mass is 248 g/mol. The van der Waals surface area contributed by atoms with E-state index in [1.54, 1.807) is 13.8 Å². The Kier molecular flexibility index (Phi) is 8.65. The smallest absolute Gasteiger partial charge is 0.344 e. The molecule has 0 aliphatic carbocycles. The van der Waals surface area contributed by atoms with Crippen molar-refractivity contribution in [3.05, 3.63) is 11.0 Å². The highest BCUT2D eigenvalue weighted by atomic mass is 32.2. The van der Waals surface area contributed by atoms with Gasteiger partial charge in [-0.15, -0.1) is 11.8 Å². The topological polar surface area (TPSA) is 72.8 Å². The SMILES string of the molecule is CCOC(=O)/C=C(/SCCO)C(=O)OCC. The Morgan fingerprint density at radius 2 is 1.88 bits per heavy atom. The van der Waals surface area contributed by atoms with Gasteiger partial charge in [-0.3, -0.25) is 0 Å². The lowest BCUT2D eigenvalue weighted by Gasteiger charge is -2.05. The average molecular weight is 248 g/mol. The maximum absolute atomic E-state index is 11.4. The van der Waals surface area contributed by atoms with E-state index in [4.69, 9.17) is 9.84 Å². The summed E-state index contributed by atoms with van der Waals surface area (Å²) in [4.78, 5) is 22.7. The molecule has 0 saturated carbocycles. The summed E-state index contributed by atoms with van der Waals surface area (Å²) < 4.78 is 9.44. The van der Waals surface area contributed by atoms with Gasteiger partial charge >= 0.3 is 11.9 Å². The van der Waals surface area contributed by atoms with E-state index in [1.807, 2.05) is 0 Å². The maximum Gasteiger partial charge on any atom is 0.344 e. The Labute approximate surface area is 98.8 Å². The lowest BCUT2D eigenvalue weighted by Crippen LogP contribution is -2.10. The summed E-state index contributed by atoms with van der Waals surface area (Å²) in [6, 6.07) is 0. The molecular formula is C10H16O5S. The van der Waals surface area contributed by atoms with Crippen LogP contribution in [0.3, 0.4) is 0 Å². The molecule has 0 amide bonds. The Morgan fingerprint density at radius 1 is 1.25 bits per heavy atom. The first-order chi connectivity index (χ1) is 7.65. The first-order valence-corrected chi connectivity index (χ1v) is 5.93. The molecule has 0 unspecified atom stereocenters. The molecule has 6 heteroatoms. The quantitative estimate of drug-likeness (QED) is 0.528. The lowest BCUT2D eigenvalue weighted by molar-refractivity contribution is -0.140. The minimum Gasteiger partial charge on any atom is -0.463 e. The summed E-state index contributed by atoms with van der Waals surface area (Å²) in [5.74, 6) is -0.839. The Bertz CT molecular complexity index is 262. The minimum atomic E-state index is -0.587. The molecule has 0 rings (SSSR count). The molecule has 0 atom stereocenters. The van der Waals surface area contributed by atoms with Crippen molar-refractivity contribution in [2.24, 2.45) is 0 Å². The van der Waals surface area contributed by atoms with Crippen molar-refractivity contribution in [3.63, 3.8) is 0 Å². The van der Waals surface area contributed by atoms with Gasteiger partial charge < -0.3 is 14.6 Å². The van der Waals surface area contributed by atoms with E-state index in [0.29, 0.717) is 5.75 Å². The van der Waals surface area contributed by atoms with Gasteiger partial charge in [0.1, 0.15) is 0 Å². The van der Waals surface area contributed by atoms with Gasteiger partial charge in [0, 0.05) is 11.8 Å². The fraction of sp³-hybridized carbons (Fsp3) is 0.600. The van der Waals surface area contributed by atoms with E-state index in [-0.39, 0.29) is 24.7 Å². The van der Waals surface area contributed by atoms with E-state index in [2.05, 4.69) is 4.74 Å². The molecule has 0 heterocycles. The Balaban J connectivity index is 4.51. The molecule has 0 aromatic heterocycles. The molecule has 0 bridgehead atoms. The van der Waals surface area contributed by atoms with E-state index in [0.717, 1.165) is 17.8 Å². The van der Waals surface area contributed by atoms with Crippen LogP contribution in [0.1, 0.15) is 13.8 Å². The van der Waals surface area contributed by atoms with Crippen molar-refractivity contribution in [3.8, 4) is 0 Å². The van der Waals surface area contributed by atoms with Gasteiger partial charge in [-0.1, -0.05) is 0 Å². The fourth-order valence-corrected chi connectivity index (χ4v) is 1.48. The number of rotatable bonds is 7. The second kappa shape index (κ2) is 9.23. The number of carbonyl (C=O) groups is 2. The van der Waals surface area contributed by atoms with E-state index < -0.39 is 11.9 Å². The van der Waals surface area contributed by atoms with Crippen LogP contribution in [0.15, 0.2) is 11.0 Å². The predicted molar refractivity (Wildman–Crippen MR) is 60.9 cm³/mol. The summed E-state index contributed by atoms with van der Waals surface area (Å²) in [6.07, 6.45) is 1.09. The van der Waals surface area contributed by atoms with Crippen LogP contribution in [0, 0.1) is 0 Å². The highest BCUT2D eigenvalue weighted by Crippen LogP contribution is 2.17. The zero-order chi connectivity index (χ0) is 12.4. The number of aliphatic hydroxyl groups excluding tert-OH is 1. The van der Waals surface area contributed by atoms with Gasteiger partial charge in [-0.2, -0.15) is 0 Å². The molecule has 1 N–H and O–H groups in total. The molecule has 0 aromatic rings. The van der Waals surface area contributed by atoms with Gasteiger partial charge in [0.2, 0.25) is 0 Å². The zero-order valence-electron chi connectivity index (χ0n) is 9.39. The third kappa shape index (κ3) is 6.47. The summed E-state index contributed by atoms with van der Waals surface area (Å²) in [5, 5.41) is 8.65. The van der Waals surface area contributed by atoms with E-state index >= 15 is 0 Å². The van der Waals surface area contributed by atoms with Crippen LogP contribution in [0.2, 0.25) is 0 Å². The van der Waals surface area contributed by atoms with Crippen molar-refractivity contribution in [2.45, 2.75) is 13.8 Å². The highest BCUT2D eigenvalue weighted by Gasteiger charge is 2.13. The molecule has 0 saturated heterocycles. The molecule has 0 aromatic carbocycles. The fourth-order valence-electron chi connectivity index (χ4n) is 0.808. The van der Waals surface area contributed by atoms with Crippen molar-refractivity contribution < 1.29 is 24.2 Å². The minimum absolute atomic E-state index is 0.0791. The third-order valence-electron chi connectivity index (χ3n) is 1.36. The summed E-state index contributed by atoms with van der Waals surface area (Å²) in [7, 11) is 0. The number of thioether (sulfide) groups is 1. The van der Waals surface area contributed by atoms with Crippen LogP contribution in [-0.2, 0) is 19.1 Å². The molecule has 0 fully saturated rings. The molecule has 0 radical (unpaired) electrons.